The summed E-state index contributed by atoms with van der Waals surface area (Å²) in [5, 5.41) is 9.42. The summed E-state index contributed by atoms with van der Waals surface area (Å²) in [5.74, 6) is -0.821. The largest absolute Gasteiger partial charge is 0.480 e. The first-order chi connectivity index (χ1) is 7.13. The standard InChI is InChI=1S/C11H14ClNO2/c1-2-7-13(8-11(14)15)10-5-3-9(12)4-6-10/h3-6H,2,7-8H2,1H3,(H,14,15). The van der Waals surface area contributed by atoms with Crippen LogP contribution < -0.4 is 4.90 Å². The number of anilines is 1. The molecule has 0 aliphatic rings. The van der Waals surface area contributed by atoms with Gasteiger partial charge in [0.15, 0.2) is 0 Å². The Morgan fingerprint density at radius 2 is 2.00 bits per heavy atom. The minimum absolute atomic E-state index is 0.0233. The number of carbonyl (C=O) groups is 1. The highest BCUT2D eigenvalue weighted by atomic mass is 35.5. The van der Waals surface area contributed by atoms with Crippen LogP contribution in [0.3, 0.4) is 0 Å². The Kier molecular flexibility index (Phi) is 4.43. The van der Waals surface area contributed by atoms with E-state index in [1.807, 2.05) is 24.0 Å². The average molecular weight is 228 g/mol. The Bertz CT molecular complexity index is 324. The molecular weight excluding hydrogens is 214 g/mol. The molecule has 0 aromatic heterocycles. The molecule has 82 valence electrons. The molecule has 1 N–H and O–H groups in total. The number of benzene rings is 1. The lowest BCUT2D eigenvalue weighted by molar-refractivity contribution is -0.135. The lowest BCUT2D eigenvalue weighted by atomic mass is 10.2. The van der Waals surface area contributed by atoms with Crippen molar-refractivity contribution in [2.75, 3.05) is 18.0 Å². The van der Waals surface area contributed by atoms with E-state index in [2.05, 4.69) is 0 Å². The summed E-state index contributed by atoms with van der Waals surface area (Å²) in [7, 11) is 0. The molecule has 0 spiro atoms. The van der Waals surface area contributed by atoms with Gasteiger partial charge in [0.1, 0.15) is 6.54 Å². The molecule has 1 aromatic carbocycles. The molecule has 0 heterocycles. The topological polar surface area (TPSA) is 40.5 Å². The van der Waals surface area contributed by atoms with Crippen LogP contribution in [0.25, 0.3) is 0 Å². The summed E-state index contributed by atoms with van der Waals surface area (Å²) in [6.07, 6.45) is 0.913. The number of carboxylic acids is 1. The lowest BCUT2D eigenvalue weighted by Crippen LogP contribution is -2.30. The Morgan fingerprint density at radius 3 is 2.47 bits per heavy atom. The summed E-state index contributed by atoms with van der Waals surface area (Å²) in [6, 6.07) is 7.20. The maximum atomic E-state index is 10.7. The molecule has 0 saturated carbocycles. The van der Waals surface area contributed by atoms with Crippen molar-refractivity contribution < 1.29 is 9.90 Å². The third-order valence-corrected chi connectivity index (χ3v) is 2.26. The summed E-state index contributed by atoms with van der Waals surface area (Å²) in [5.41, 5.74) is 0.892. The van der Waals surface area contributed by atoms with Crippen LogP contribution in [-0.4, -0.2) is 24.2 Å². The predicted octanol–water partition coefficient (Wildman–Crippen LogP) is 2.64. The molecule has 0 amide bonds. The smallest absolute Gasteiger partial charge is 0.323 e. The molecule has 0 fully saturated rings. The maximum absolute atomic E-state index is 10.7. The van der Waals surface area contributed by atoms with Crippen LogP contribution in [0.15, 0.2) is 24.3 Å². The molecule has 1 rings (SSSR count). The Morgan fingerprint density at radius 1 is 1.40 bits per heavy atom. The fourth-order valence-corrected chi connectivity index (χ4v) is 1.51. The van der Waals surface area contributed by atoms with Crippen molar-refractivity contribution in [2.24, 2.45) is 0 Å². The fraction of sp³-hybridized carbons (Fsp3) is 0.364. The fourth-order valence-electron chi connectivity index (χ4n) is 1.38. The summed E-state index contributed by atoms with van der Waals surface area (Å²) >= 11 is 5.76. The van der Waals surface area contributed by atoms with Crippen molar-refractivity contribution in [1.82, 2.24) is 0 Å². The van der Waals surface area contributed by atoms with Crippen molar-refractivity contribution in [1.29, 1.82) is 0 Å². The number of hydrogen-bond acceptors (Lipinski definition) is 2. The third kappa shape index (κ3) is 3.80. The van der Waals surface area contributed by atoms with Crippen LogP contribution in [0.2, 0.25) is 5.02 Å². The second kappa shape index (κ2) is 5.61. The summed E-state index contributed by atoms with van der Waals surface area (Å²) in [4.78, 5) is 12.5. The van der Waals surface area contributed by atoms with Crippen molar-refractivity contribution >= 4 is 23.3 Å². The Hall–Kier alpha value is -1.22. The minimum atomic E-state index is -0.821. The summed E-state index contributed by atoms with van der Waals surface area (Å²) < 4.78 is 0. The van der Waals surface area contributed by atoms with Crippen LogP contribution >= 0.6 is 11.6 Å². The van der Waals surface area contributed by atoms with E-state index in [1.165, 1.54) is 0 Å². The highest BCUT2D eigenvalue weighted by Gasteiger charge is 2.09. The van der Waals surface area contributed by atoms with E-state index in [-0.39, 0.29) is 6.54 Å². The number of nitrogens with zero attached hydrogens (tertiary/aromatic N) is 1. The van der Waals surface area contributed by atoms with Gasteiger partial charge in [-0.15, -0.1) is 0 Å². The van der Waals surface area contributed by atoms with E-state index in [4.69, 9.17) is 16.7 Å². The number of halogens is 1. The van der Waals surface area contributed by atoms with Crippen LogP contribution in [0.5, 0.6) is 0 Å². The SMILES string of the molecule is CCCN(CC(=O)O)c1ccc(Cl)cc1. The first-order valence-electron chi connectivity index (χ1n) is 4.85. The highest BCUT2D eigenvalue weighted by molar-refractivity contribution is 6.30. The molecule has 1 aromatic rings. The highest BCUT2D eigenvalue weighted by Crippen LogP contribution is 2.17. The second-order valence-electron chi connectivity index (χ2n) is 3.29. The van der Waals surface area contributed by atoms with E-state index in [0.29, 0.717) is 5.02 Å². The van der Waals surface area contributed by atoms with Crippen molar-refractivity contribution in [3.8, 4) is 0 Å². The quantitative estimate of drug-likeness (QED) is 0.841. The van der Waals surface area contributed by atoms with Crippen LogP contribution in [0.1, 0.15) is 13.3 Å². The Balaban J connectivity index is 2.78. The Labute approximate surface area is 94.3 Å². The number of hydrogen-bond donors (Lipinski definition) is 1. The van der Waals surface area contributed by atoms with Crippen molar-refractivity contribution in [2.45, 2.75) is 13.3 Å². The minimum Gasteiger partial charge on any atom is -0.480 e. The van der Waals surface area contributed by atoms with Gasteiger partial charge in [0.2, 0.25) is 0 Å². The summed E-state index contributed by atoms with van der Waals surface area (Å²) in [6.45, 7) is 2.77. The van der Waals surface area contributed by atoms with Gasteiger partial charge in [0, 0.05) is 17.3 Å². The van der Waals surface area contributed by atoms with E-state index < -0.39 is 5.97 Å². The van der Waals surface area contributed by atoms with Crippen LogP contribution in [0.4, 0.5) is 5.69 Å². The molecule has 0 bridgehead atoms. The number of carboxylic acid groups (broad SMARTS) is 1. The normalized spacial score (nSPS) is 10.0. The van der Waals surface area contributed by atoms with Crippen LogP contribution in [-0.2, 0) is 4.79 Å². The van der Waals surface area contributed by atoms with E-state index in [1.54, 1.807) is 12.1 Å². The van der Waals surface area contributed by atoms with Gasteiger partial charge in [-0.2, -0.15) is 0 Å². The van der Waals surface area contributed by atoms with Gasteiger partial charge in [0.25, 0.3) is 0 Å². The zero-order valence-electron chi connectivity index (χ0n) is 8.61. The third-order valence-electron chi connectivity index (χ3n) is 2.01. The van der Waals surface area contributed by atoms with Crippen molar-refractivity contribution in [3.63, 3.8) is 0 Å². The van der Waals surface area contributed by atoms with Gasteiger partial charge in [-0.1, -0.05) is 18.5 Å². The molecule has 0 unspecified atom stereocenters. The lowest BCUT2D eigenvalue weighted by Gasteiger charge is -2.22. The molecule has 4 heteroatoms. The molecule has 3 nitrogen and oxygen atoms in total. The van der Waals surface area contributed by atoms with Gasteiger partial charge in [-0.3, -0.25) is 4.79 Å². The first-order valence-corrected chi connectivity index (χ1v) is 5.23. The molecule has 0 saturated heterocycles. The first kappa shape index (κ1) is 11.9. The molecule has 0 aliphatic heterocycles. The van der Waals surface area contributed by atoms with E-state index in [0.717, 1.165) is 18.7 Å². The molecule has 0 radical (unpaired) electrons. The molecular formula is C11H14ClNO2. The maximum Gasteiger partial charge on any atom is 0.323 e. The predicted molar refractivity (Wildman–Crippen MR) is 61.6 cm³/mol. The molecule has 0 atom stereocenters. The van der Waals surface area contributed by atoms with Gasteiger partial charge in [0.05, 0.1) is 0 Å². The van der Waals surface area contributed by atoms with Crippen LogP contribution in [0, 0.1) is 0 Å². The zero-order chi connectivity index (χ0) is 11.3. The molecule has 0 aliphatic carbocycles. The van der Waals surface area contributed by atoms with Crippen molar-refractivity contribution in [3.05, 3.63) is 29.3 Å². The van der Waals surface area contributed by atoms with Gasteiger partial charge in [-0.05, 0) is 30.7 Å². The average Bonchev–Trinajstić information content (AvgIpc) is 2.17. The van der Waals surface area contributed by atoms with Gasteiger partial charge in [-0.25, -0.2) is 0 Å². The van der Waals surface area contributed by atoms with Gasteiger partial charge >= 0.3 is 5.97 Å². The number of rotatable bonds is 5. The van der Waals surface area contributed by atoms with E-state index >= 15 is 0 Å². The van der Waals surface area contributed by atoms with E-state index in [9.17, 15) is 4.79 Å². The second-order valence-corrected chi connectivity index (χ2v) is 3.73. The zero-order valence-corrected chi connectivity index (χ0v) is 9.37. The van der Waals surface area contributed by atoms with Gasteiger partial charge < -0.3 is 10.0 Å². The molecule has 15 heavy (non-hydrogen) atoms. The number of aliphatic carboxylic acids is 1. The monoisotopic (exact) mass is 227 g/mol.